The highest BCUT2D eigenvalue weighted by Crippen LogP contribution is 2.15. The van der Waals surface area contributed by atoms with Crippen molar-refractivity contribution in [3.05, 3.63) is 18.5 Å². The van der Waals surface area contributed by atoms with Gasteiger partial charge >= 0.3 is 12.2 Å². The smallest absolute Gasteiger partial charge is 0.422 e. The summed E-state index contributed by atoms with van der Waals surface area (Å²) in [4.78, 5) is 6.90. The lowest BCUT2D eigenvalue weighted by Crippen LogP contribution is -2.20. The van der Waals surface area contributed by atoms with Gasteiger partial charge in [0.15, 0.2) is 6.61 Å². The van der Waals surface area contributed by atoms with Crippen molar-refractivity contribution in [1.82, 2.24) is 9.97 Å². The van der Waals surface area contributed by atoms with Gasteiger partial charge in [0.05, 0.1) is 0 Å². The summed E-state index contributed by atoms with van der Waals surface area (Å²) >= 11 is 0. The van der Waals surface area contributed by atoms with Crippen LogP contribution >= 0.6 is 12.4 Å². The molecule has 1 aromatic rings. The van der Waals surface area contributed by atoms with Gasteiger partial charge in [0, 0.05) is 12.4 Å². The molecule has 0 aliphatic carbocycles. The third kappa shape index (κ3) is 5.24. The molecule has 0 amide bonds. The molecule has 1 rings (SSSR count). The van der Waals surface area contributed by atoms with E-state index in [1.54, 1.807) is 0 Å². The third-order valence-corrected chi connectivity index (χ3v) is 0.907. The topological polar surface area (TPSA) is 35.0 Å². The predicted molar refractivity (Wildman–Crippen MR) is 40.8 cm³/mol. The zero-order valence-electron chi connectivity index (χ0n) is 6.28. The number of nitrogens with zero attached hydrogens (tertiary/aromatic N) is 2. The molecule has 7 heteroatoms. The van der Waals surface area contributed by atoms with Gasteiger partial charge in [-0.3, -0.25) is 0 Å². The van der Waals surface area contributed by atoms with Crippen molar-refractivity contribution in [2.45, 2.75) is 6.18 Å². The summed E-state index contributed by atoms with van der Waals surface area (Å²) in [6, 6.07) is 1.22. The van der Waals surface area contributed by atoms with Gasteiger partial charge in [-0.1, -0.05) is 0 Å². The SMILES string of the molecule is Cl.FC(F)(F)COc1ncccn1. The van der Waals surface area contributed by atoms with Gasteiger partial charge in [-0.2, -0.15) is 13.2 Å². The summed E-state index contributed by atoms with van der Waals surface area (Å²) in [5.41, 5.74) is 0. The molecule has 0 fully saturated rings. The average Bonchev–Trinajstić information content (AvgIpc) is 2.02. The van der Waals surface area contributed by atoms with E-state index in [9.17, 15) is 13.2 Å². The van der Waals surface area contributed by atoms with Crippen LogP contribution in [0.5, 0.6) is 6.01 Å². The number of hydrogen-bond acceptors (Lipinski definition) is 3. The molecule has 0 atom stereocenters. The van der Waals surface area contributed by atoms with Gasteiger partial charge in [0.25, 0.3) is 0 Å². The van der Waals surface area contributed by atoms with Crippen molar-refractivity contribution in [1.29, 1.82) is 0 Å². The number of rotatable bonds is 2. The molecular formula is C6H6ClF3N2O. The van der Waals surface area contributed by atoms with E-state index in [2.05, 4.69) is 14.7 Å². The second-order valence-electron chi connectivity index (χ2n) is 1.94. The Morgan fingerprint density at radius 1 is 1.23 bits per heavy atom. The van der Waals surface area contributed by atoms with Gasteiger partial charge in [-0.15, -0.1) is 12.4 Å². The fourth-order valence-electron chi connectivity index (χ4n) is 0.506. The Morgan fingerprint density at radius 2 is 1.77 bits per heavy atom. The standard InChI is InChI=1S/C6H5F3N2O.ClH/c7-6(8,9)4-12-5-10-2-1-3-11-5;/h1-3H,4H2;1H. The quantitative estimate of drug-likeness (QED) is 0.754. The first kappa shape index (κ1) is 12.0. The molecule has 0 bridgehead atoms. The fraction of sp³-hybridized carbons (Fsp3) is 0.333. The summed E-state index contributed by atoms with van der Waals surface area (Å²) < 4.78 is 38.9. The molecule has 0 aliphatic heterocycles. The van der Waals surface area contributed by atoms with E-state index in [1.807, 2.05) is 0 Å². The molecule has 0 N–H and O–H groups in total. The lowest BCUT2D eigenvalue weighted by atomic mass is 10.7. The summed E-state index contributed by atoms with van der Waals surface area (Å²) in [6.07, 6.45) is -1.74. The van der Waals surface area contributed by atoms with Crippen LogP contribution in [0.3, 0.4) is 0 Å². The Morgan fingerprint density at radius 3 is 2.23 bits per heavy atom. The zero-order chi connectivity index (χ0) is 9.03. The molecule has 13 heavy (non-hydrogen) atoms. The van der Waals surface area contributed by atoms with E-state index >= 15 is 0 Å². The van der Waals surface area contributed by atoms with Crippen LogP contribution in [-0.2, 0) is 0 Å². The molecule has 0 radical (unpaired) electrons. The van der Waals surface area contributed by atoms with E-state index < -0.39 is 12.8 Å². The van der Waals surface area contributed by atoms with Crippen LogP contribution in [-0.4, -0.2) is 22.8 Å². The van der Waals surface area contributed by atoms with E-state index in [1.165, 1.54) is 18.5 Å². The van der Waals surface area contributed by atoms with Crippen molar-refractivity contribution >= 4 is 12.4 Å². The van der Waals surface area contributed by atoms with Gasteiger partial charge in [-0.05, 0) is 6.07 Å². The third-order valence-electron chi connectivity index (χ3n) is 0.907. The fourth-order valence-corrected chi connectivity index (χ4v) is 0.506. The molecule has 0 aliphatic rings. The van der Waals surface area contributed by atoms with Crippen molar-refractivity contribution in [2.24, 2.45) is 0 Å². The zero-order valence-corrected chi connectivity index (χ0v) is 7.10. The van der Waals surface area contributed by atoms with Crippen molar-refractivity contribution < 1.29 is 17.9 Å². The molecule has 0 saturated heterocycles. The van der Waals surface area contributed by atoms with Gasteiger partial charge in [0.1, 0.15) is 0 Å². The first-order valence-corrected chi connectivity index (χ1v) is 3.04. The highest BCUT2D eigenvalue weighted by Gasteiger charge is 2.28. The van der Waals surface area contributed by atoms with Crippen molar-refractivity contribution in [3.8, 4) is 6.01 Å². The van der Waals surface area contributed by atoms with Crippen molar-refractivity contribution in [3.63, 3.8) is 0 Å². The molecule has 74 valence electrons. The van der Waals surface area contributed by atoms with Crippen LogP contribution in [0.15, 0.2) is 18.5 Å². The number of aromatic nitrogens is 2. The molecule has 1 aromatic heterocycles. The number of halogens is 4. The molecule has 3 nitrogen and oxygen atoms in total. The van der Waals surface area contributed by atoms with Crippen LogP contribution < -0.4 is 4.74 Å². The molecular weight excluding hydrogens is 209 g/mol. The van der Waals surface area contributed by atoms with E-state index in [4.69, 9.17) is 0 Å². The summed E-state index contributed by atoms with van der Waals surface area (Å²) in [6.45, 7) is -1.36. The maximum atomic E-state index is 11.6. The molecule has 0 unspecified atom stereocenters. The van der Waals surface area contributed by atoms with E-state index in [-0.39, 0.29) is 18.4 Å². The molecule has 1 heterocycles. The van der Waals surface area contributed by atoms with Gasteiger partial charge in [-0.25, -0.2) is 9.97 Å². The highest BCUT2D eigenvalue weighted by molar-refractivity contribution is 5.85. The van der Waals surface area contributed by atoms with Crippen molar-refractivity contribution in [2.75, 3.05) is 6.61 Å². The number of alkyl halides is 3. The second kappa shape index (κ2) is 4.86. The van der Waals surface area contributed by atoms with Gasteiger partial charge < -0.3 is 4.74 Å². The summed E-state index contributed by atoms with van der Waals surface area (Å²) in [5.74, 6) is 0. The number of hydrogen-bond donors (Lipinski definition) is 0. The Bertz CT molecular complexity index is 241. The second-order valence-corrected chi connectivity index (χ2v) is 1.94. The Labute approximate surface area is 78.4 Å². The lowest BCUT2D eigenvalue weighted by molar-refractivity contribution is -0.154. The summed E-state index contributed by atoms with van der Waals surface area (Å²) in [7, 11) is 0. The Balaban J connectivity index is 0.00000144. The molecule has 0 saturated carbocycles. The van der Waals surface area contributed by atoms with Crippen LogP contribution in [0.1, 0.15) is 0 Å². The highest BCUT2D eigenvalue weighted by atomic mass is 35.5. The average molecular weight is 215 g/mol. The monoisotopic (exact) mass is 214 g/mol. The van der Waals surface area contributed by atoms with E-state index in [0.717, 1.165) is 0 Å². The van der Waals surface area contributed by atoms with Crippen LogP contribution in [0.25, 0.3) is 0 Å². The number of ether oxygens (including phenoxy) is 1. The van der Waals surface area contributed by atoms with Gasteiger partial charge in [0.2, 0.25) is 0 Å². The summed E-state index contributed by atoms with van der Waals surface area (Å²) in [5, 5.41) is 0. The Hall–Kier alpha value is -1.04. The maximum absolute atomic E-state index is 11.6. The van der Waals surface area contributed by atoms with E-state index in [0.29, 0.717) is 0 Å². The van der Waals surface area contributed by atoms with Crippen LogP contribution in [0.2, 0.25) is 0 Å². The maximum Gasteiger partial charge on any atom is 0.422 e. The molecule has 0 spiro atoms. The normalized spacial score (nSPS) is 10.4. The molecule has 0 aromatic carbocycles. The first-order valence-electron chi connectivity index (χ1n) is 3.04. The van der Waals surface area contributed by atoms with Crippen LogP contribution in [0.4, 0.5) is 13.2 Å². The van der Waals surface area contributed by atoms with Crippen LogP contribution in [0, 0.1) is 0 Å². The Kier molecular flexibility index (Phi) is 4.47. The minimum absolute atomic E-state index is 0. The largest absolute Gasteiger partial charge is 0.454 e. The minimum Gasteiger partial charge on any atom is -0.454 e. The first-order chi connectivity index (χ1) is 5.58. The lowest BCUT2D eigenvalue weighted by Gasteiger charge is -2.05. The predicted octanol–water partition coefficient (Wildman–Crippen LogP) is 1.84. The minimum atomic E-state index is -4.35.